The highest BCUT2D eigenvalue weighted by molar-refractivity contribution is 5.54. The van der Waals surface area contributed by atoms with Gasteiger partial charge in [0.2, 0.25) is 0 Å². The predicted molar refractivity (Wildman–Crippen MR) is 52.2 cm³/mol. The lowest BCUT2D eigenvalue weighted by Crippen LogP contribution is -1.88. The van der Waals surface area contributed by atoms with Gasteiger partial charge in [-0.15, -0.1) is 0 Å². The van der Waals surface area contributed by atoms with Crippen LogP contribution >= 0.6 is 0 Å². The number of hydrogen-bond donors (Lipinski definition) is 0. The smallest absolute Gasteiger partial charge is 0.159 e. The highest BCUT2D eigenvalue weighted by Gasteiger charge is 1.99. The Morgan fingerprint density at radius 1 is 1.00 bits per heavy atom. The standard InChI is InChI=1S/C11H9FN2/c1-8-6-13-11(14-7-8)9-2-4-10(12)5-3-9/h2-7H,1H3. The molecule has 1 aromatic heterocycles. The molecule has 0 aliphatic heterocycles. The van der Waals surface area contributed by atoms with Crippen molar-refractivity contribution < 1.29 is 4.39 Å². The largest absolute Gasteiger partial charge is 0.236 e. The van der Waals surface area contributed by atoms with E-state index in [2.05, 4.69) is 9.97 Å². The molecule has 0 amide bonds. The molecule has 3 heteroatoms. The summed E-state index contributed by atoms with van der Waals surface area (Å²) in [5, 5.41) is 0. The Bertz CT molecular complexity index is 377. The predicted octanol–water partition coefficient (Wildman–Crippen LogP) is 2.59. The van der Waals surface area contributed by atoms with Gasteiger partial charge in [0.15, 0.2) is 5.82 Å². The van der Waals surface area contributed by atoms with E-state index in [0.717, 1.165) is 11.1 Å². The van der Waals surface area contributed by atoms with Gasteiger partial charge in [-0.1, -0.05) is 0 Å². The average Bonchev–Trinajstić information content (AvgIpc) is 2.21. The summed E-state index contributed by atoms with van der Waals surface area (Å²) in [7, 11) is 0. The van der Waals surface area contributed by atoms with Gasteiger partial charge in [-0.3, -0.25) is 0 Å². The summed E-state index contributed by atoms with van der Waals surface area (Å²) in [5.74, 6) is 0.372. The second-order valence-corrected chi connectivity index (χ2v) is 3.09. The molecule has 0 aliphatic rings. The van der Waals surface area contributed by atoms with Crippen molar-refractivity contribution in [2.45, 2.75) is 6.92 Å². The molecule has 0 radical (unpaired) electrons. The summed E-state index contributed by atoms with van der Waals surface area (Å²) in [6.07, 6.45) is 3.48. The van der Waals surface area contributed by atoms with Gasteiger partial charge < -0.3 is 0 Å². The molecule has 0 spiro atoms. The molecule has 0 aliphatic carbocycles. The quantitative estimate of drug-likeness (QED) is 0.687. The highest BCUT2D eigenvalue weighted by Crippen LogP contribution is 2.14. The molecule has 0 saturated carbocycles. The molecule has 70 valence electrons. The Kier molecular flexibility index (Phi) is 2.23. The van der Waals surface area contributed by atoms with E-state index in [1.165, 1.54) is 12.1 Å². The second-order valence-electron chi connectivity index (χ2n) is 3.09. The maximum atomic E-state index is 12.6. The minimum atomic E-state index is -0.249. The molecule has 0 unspecified atom stereocenters. The van der Waals surface area contributed by atoms with Gasteiger partial charge in [-0.25, -0.2) is 14.4 Å². The van der Waals surface area contributed by atoms with Crippen LogP contribution in [0.4, 0.5) is 4.39 Å². The summed E-state index contributed by atoms with van der Waals surface area (Å²) in [6, 6.07) is 6.14. The van der Waals surface area contributed by atoms with E-state index in [0.29, 0.717) is 5.82 Å². The van der Waals surface area contributed by atoms with Gasteiger partial charge in [-0.2, -0.15) is 0 Å². The fraction of sp³-hybridized carbons (Fsp3) is 0.0909. The third-order valence-electron chi connectivity index (χ3n) is 1.88. The van der Waals surface area contributed by atoms with Crippen molar-refractivity contribution >= 4 is 0 Å². The van der Waals surface area contributed by atoms with E-state index in [4.69, 9.17) is 0 Å². The Hall–Kier alpha value is -1.77. The van der Waals surface area contributed by atoms with Gasteiger partial charge in [-0.05, 0) is 36.8 Å². The molecular weight excluding hydrogens is 179 g/mol. The zero-order valence-electron chi connectivity index (χ0n) is 7.74. The molecule has 14 heavy (non-hydrogen) atoms. The van der Waals surface area contributed by atoms with Crippen molar-refractivity contribution in [2.75, 3.05) is 0 Å². The minimum Gasteiger partial charge on any atom is -0.236 e. The van der Waals surface area contributed by atoms with Gasteiger partial charge in [0.25, 0.3) is 0 Å². The Balaban J connectivity index is 2.40. The van der Waals surface area contributed by atoms with Gasteiger partial charge in [0.05, 0.1) is 0 Å². The summed E-state index contributed by atoms with van der Waals surface area (Å²) in [4.78, 5) is 8.29. The number of benzene rings is 1. The molecule has 1 heterocycles. The molecule has 0 atom stereocenters. The van der Waals surface area contributed by atoms with Gasteiger partial charge in [0, 0.05) is 18.0 Å². The van der Waals surface area contributed by atoms with E-state index in [9.17, 15) is 4.39 Å². The summed E-state index contributed by atoms with van der Waals surface area (Å²) in [6.45, 7) is 1.93. The van der Waals surface area contributed by atoms with Crippen LogP contribution in [0.25, 0.3) is 11.4 Å². The summed E-state index contributed by atoms with van der Waals surface area (Å²) < 4.78 is 12.6. The van der Waals surface area contributed by atoms with E-state index in [1.54, 1.807) is 24.5 Å². The van der Waals surface area contributed by atoms with Crippen LogP contribution in [0.3, 0.4) is 0 Å². The number of rotatable bonds is 1. The van der Waals surface area contributed by atoms with Crippen LogP contribution in [0.5, 0.6) is 0 Å². The molecular formula is C11H9FN2. The van der Waals surface area contributed by atoms with Crippen LogP contribution in [0.15, 0.2) is 36.7 Å². The van der Waals surface area contributed by atoms with Crippen LogP contribution < -0.4 is 0 Å². The molecule has 0 saturated heterocycles. The van der Waals surface area contributed by atoms with E-state index >= 15 is 0 Å². The van der Waals surface area contributed by atoms with Crippen LogP contribution in [-0.2, 0) is 0 Å². The van der Waals surface area contributed by atoms with Crippen molar-refractivity contribution in [3.05, 3.63) is 48.0 Å². The van der Waals surface area contributed by atoms with Gasteiger partial charge in [0.1, 0.15) is 5.82 Å². The minimum absolute atomic E-state index is 0.249. The Labute approximate surface area is 81.5 Å². The topological polar surface area (TPSA) is 25.8 Å². The summed E-state index contributed by atoms with van der Waals surface area (Å²) >= 11 is 0. The van der Waals surface area contributed by atoms with Crippen molar-refractivity contribution in [1.82, 2.24) is 9.97 Å². The average molecular weight is 188 g/mol. The molecule has 2 aromatic rings. The monoisotopic (exact) mass is 188 g/mol. The van der Waals surface area contributed by atoms with E-state index < -0.39 is 0 Å². The van der Waals surface area contributed by atoms with Crippen molar-refractivity contribution in [3.8, 4) is 11.4 Å². The SMILES string of the molecule is Cc1cnc(-c2ccc(F)cc2)nc1. The van der Waals surface area contributed by atoms with Gasteiger partial charge >= 0.3 is 0 Å². The number of nitrogens with zero attached hydrogens (tertiary/aromatic N) is 2. The zero-order chi connectivity index (χ0) is 9.97. The maximum absolute atomic E-state index is 12.6. The third kappa shape index (κ3) is 1.76. The first-order valence-electron chi connectivity index (χ1n) is 4.30. The maximum Gasteiger partial charge on any atom is 0.159 e. The molecule has 0 fully saturated rings. The molecule has 1 aromatic carbocycles. The lowest BCUT2D eigenvalue weighted by Gasteiger charge is -1.99. The Morgan fingerprint density at radius 3 is 2.14 bits per heavy atom. The van der Waals surface area contributed by atoms with Crippen LogP contribution in [-0.4, -0.2) is 9.97 Å². The summed E-state index contributed by atoms with van der Waals surface area (Å²) in [5.41, 5.74) is 1.84. The van der Waals surface area contributed by atoms with Crippen molar-refractivity contribution in [1.29, 1.82) is 0 Å². The lowest BCUT2D eigenvalue weighted by atomic mass is 10.2. The lowest BCUT2D eigenvalue weighted by molar-refractivity contribution is 0.628. The number of hydrogen-bond acceptors (Lipinski definition) is 2. The van der Waals surface area contributed by atoms with E-state index in [-0.39, 0.29) is 5.82 Å². The fourth-order valence-electron chi connectivity index (χ4n) is 1.14. The molecule has 0 N–H and O–H groups in total. The zero-order valence-corrected chi connectivity index (χ0v) is 7.74. The number of aromatic nitrogens is 2. The first-order valence-corrected chi connectivity index (χ1v) is 4.30. The highest BCUT2D eigenvalue weighted by atomic mass is 19.1. The first-order chi connectivity index (χ1) is 6.75. The van der Waals surface area contributed by atoms with Crippen LogP contribution in [0.1, 0.15) is 5.56 Å². The van der Waals surface area contributed by atoms with Crippen molar-refractivity contribution in [2.24, 2.45) is 0 Å². The molecule has 2 rings (SSSR count). The number of aryl methyl sites for hydroxylation is 1. The third-order valence-corrected chi connectivity index (χ3v) is 1.88. The van der Waals surface area contributed by atoms with Crippen LogP contribution in [0.2, 0.25) is 0 Å². The Morgan fingerprint density at radius 2 is 1.57 bits per heavy atom. The van der Waals surface area contributed by atoms with Crippen LogP contribution in [0, 0.1) is 12.7 Å². The normalized spacial score (nSPS) is 10.1. The fourth-order valence-corrected chi connectivity index (χ4v) is 1.14. The molecule has 2 nitrogen and oxygen atoms in total. The first kappa shape index (κ1) is 8.81. The molecule has 0 bridgehead atoms. The second kappa shape index (κ2) is 3.54. The van der Waals surface area contributed by atoms with Crippen molar-refractivity contribution in [3.63, 3.8) is 0 Å². The number of halogens is 1. The van der Waals surface area contributed by atoms with E-state index in [1.807, 2.05) is 6.92 Å².